The number of thioether (sulfide) groups is 1. The molecule has 21 heavy (non-hydrogen) atoms. The molecule has 2 aliphatic rings. The van der Waals surface area contributed by atoms with Gasteiger partial charge in [-0.25, -0.2) is 0 Å². The highest BCUT2D eigenvalue weighted by molar-refractivity contribution is 8.00. The highest BCUT2D eigenvalue weighted by atomic mass is 32.2. The van der Waals surface area contributed by atoms with Gasteiger partial charge in [-0.15, -0.1) is 11.8 Å². The number of nitrogens with zero attached hydrogens (tertiary/aromatic N) is 1. The predicted molar refractivity (Wildman–Crippen MR) is 87.0 cm³/mol. The molecule has 1 fully saturated rings. The summed E-state index contributed by atoms with van der Waals surface area (Å²) in [4.78, 5) is 24.7. The summed E-state index contributed by atoms with van der Waals surface area (Å²) in [5.74, 6) is 1.34. The van der Waals surface area contributed by atoms with Crippen LogP contribution in [0.15, 0.2) is 9.82 Å². The first-order valence-corrected chi connectivity index (χ1v) is 9.13. The number of nitrogens with two attached hydrogens (primary N) is 1. The summed E-state index contributed by atoms with van der Waals surface area (Å²) in [6.07, 6.45) is 3.66. The van der Waals surface area contributed by atoms with E-state index in [9.17, 15) is 9.59 Å². The number of primary amides is 1. The van der Waals surface area contributed by atoms with Gasteiger partial charge in [0.15, 0.2) is 0 Å². The van der Waals surface area contributed by atoms with Crippen LogP contribution in [0.3, 0.4) is 0 Å². The highest BCUT2D eigenvalue weighted by Gasteiger charge is 2.47. The molecule has 3 atom stereocenters. The van der Waals surface area contributed by atoms with Crippen molar-refractivity contribution in [3.05, 3.63) is 14.5 Å². The molecule has 1 aliphatic heterocycles. The molecule has 3 rings (SSSR count). The number of fused-ring (bicyclic) bond motifs is 3. The first-order valence-electron chi connectivity index (χ1n) is 7.50. The summed E-state index contributed by atoms with van der Waals surface area (Å²) < 4.78 is 1.69. The molecule has 4 nitrogen and oxygen atoms in total. The normalized spacial score (nSPS) is 30.5. The van der Waals surface area contributed by atoms with Crippen LogP contribution in [0.5, 0.6) is 0 Å². The summed E-state index contributed by atoms with van der Waals surface area (Å²) >= 11 is 3.08. The van der Waals surface area contributed by atoms with Gasteiger partial charge in [0.2, 0.25) is 5.91 Å². The molecule has 2 heterocycles. The number of rotatable bonds is 2. The SMILES string of the molecule is C[C@@H]1CC[C@@H]2[C@@H](C1)c1sc(=O)n(CC(N)=O)c1SC2(C)C. The lowest BCUT2D eigenvalue weighted by molar-refractivity contribution is -0.118. The minimum Gasteiger partial charge on any atom is -0.368 e. The molecule has 1 aromatic rings. The molecule has 1 amide bonds. The highest BCUT2D eigenvalue weighted by Crippen LogP contribution is 2.58. The van der Waals surface area contributed by atoms with Crippen molar-refractivity contribution >= 4 is 29.0 Å². The van der Waals surface area contributed by atoms with Gasteiger partial charge in [-0.05, 0) is 24.7 Å². The third-order valence-electron chi connectivity index (χ3n) is 4.89. The maximum absolute atomic E-state index is 12.3. The van der Waals surface area contributed by atoms with Gasteiger partial charge in [0.05, 0.1) is 5.03 Å². The second-order valence-corrected chi connectivity index (χ2v) is 9.56. The van der Waals surface area contributed by atoms with E-state index in [1.54, 1.807) is 16.3 Å². The molecule has 0 radical (unpaired) electrons. The molecule has 1 saturated carbocycles. The van der Waals surface area contributed by atoms with E-state index < -0.39 is 5.91 Å². The van der Waals surface area contributed by atoms with Crippen molar-refractivity contribution in [1.29, 1.82) is 0 Å². The van der Waals surface area contributed by atoms with Crippen LogP contribution in [-0.2, 0) is 11.3 Å². The molecular formula is C15H22N2O2S2. The zero-order chi connectivity index (χ0) is 15.4. The Morgan fingerprint density at radius 3 is 2.81 bits per heavy atom. The largest absolute Gasteiger partial charge is 0.368 e. The Morgan fingerprint density at radius 1 is 1.43 bits per heavy atom. The zero-order valence-electron chi connectivity index (χ0n) is 12.7. The molecule has 116 valence electrons. The topological polar surface area (TPSA) is 65.1 Å². The van der Waals surface area contributed by atoms with E-state index in [4.69, 9.17) is 5.73 Å². The van der Waals surface area contributed by atoms with Crippen LogP contribution in [0.2, 0.25) is 0 Å². The third-order valence-corrected chi connectivity index (χ3v) is 7.59. The Labute approximate surface area is 133 Å². The number of carbonyl (C=O) groups is 1. The third kappa shape index (κ3) is 2.57. The molecular weight excluding hydrogens is 304 g/mol. The number of carbonyl (C=O) groups excluding carboxylic acids is 1. The lowest BCUT2D eigenvalue weighted by atomic mass is 9.69. The van der Waals surface area contributed by atoms with Crippen LogP contribution < -0.4 is 10.6 Å². The maximum Gasteiger partial charge on any atom is 0.308 e. The Kier molecular flexibility index (Phi) is 3.72. The minimum atomic E-state index is -0.449. The van der Waals surface area contributed by atoms with E-state index in [1.165, 1.54) is 29.1 Å². The van der Waals surface area contributed by atoms with Crippen LogP contribution >= 0.6 is 23.1 Å². The first-order chi connectivity index (χ1) is 9.79. The van der Waals surface area contributed by atoms with Crippen molar-refractivity contribution in [2.24, 2.45) is 17.6 Å². The van der Waals surface area contributed by atoms with Gasteiger partial charge in [0.1, 0.15) is 6.54 Å². The standard InChI is InChI=1S/C15H22N2O2S2/c1-8-4-5-10-9(6-8)12-13(21-15(10,2)3)17(7-11(16)18)14(19)20-12/h8-10H,4-7H2,1-3H3,(H2,16,18)/t8-,9-,10-/m1/s1. The monoisotopic (exact) mass is 326 g/mol. The van der Waals surface area contributed by atoms with Crippen LogP contribution in [0.1, 0.15) is 50.8 Å². The van der Waals surface area contributed by atoms with E-state index in [2.05, 4.69) is 20.8 Å². The Balaban J connectivity index is 2.09. The van der Waals surface area contributed by atoms with Gasteiger partial charge < -0.3 is 5.73 Å². The summed E-state index contributed by atoms with van der Waals surface area (Å²) in [7, 11) is 0. The van der Waals surface area contributed by atoms with Crippen molar-refractivity contribution in [2.75, 3.05) is 0 Å². The van der Waals surface area contributed by atoms with E-state index in [-0.39, 0.29) is 16.2 Å². The molecule has 0 saturated heterocycles. The molecule has 0 aromatic carbocycles. The van der Waals surface area contributed by atoms with Gasteiger partial charge >= 0.3 is 4.87 Å². The quantitative estimate of drug-likeness (QED) is 0.909. The number of thiazole rings is 1. The average Bonchev–Trinajstić information content (AvgIpc) is 2.66. The van der Waals surface area contributed by atoms with Crippen LogP contribution in [-0.4, -0.2) is 15.2 Å². The molecule has 0 unspecified atom stereocenters. The number of hydrogen-bond donors (Lipinski definition) is 1. The van der Waals surface area contributed by atoms with Gasteiger partial charge in [-0.1, -0.05) is 38.5 Å². The molecule has 1 aromatic heterocycles. The summed E-state index contributed by atoms with van der Waals surface area (Å²) in [6.45, 7) is 6.84. The fourth-order valence-corrected chi connectivity index (χ4v) is 6.68. The van der Waals surface area contributed by atoms with Crippen molar-refractivity contribution < 1.29 is 4.79 Å². The zero-order valence-corrected chi connectivity index (χ0v) is 14.4. The Bertz CT molecular complexity index is 632. The Hall–Kier alpha value is -0.750. The molecule has 2 N–H and O–H groups in total. The fraction of sp³-hybridized carbons (Fsp3) is 0.733. The summed E-state index contributed by atoms with van der Waals surface area (Å²) in [5, 5.41) is 0.990. The minimum absolute atomic E-state index is 0.000681. The van der Waals surface area contributed by atoms with Crippen LogP contribution in [0.25, 0.3) is 0 Å². The van der Waals surface area contributed by atoms with Crippen molar-refractivity contribution in [1.82, 2.24) is 4.57 Å². The van der Waals surface area contributed by atoms with E-state index in [0.29, 0.717) is 17.8 Å². The summed E-state index contributed by atoms with van der Waals surface area (Å²) in [6, 6.07) is 0. The number of amides is 1. The average molecular weight is 326 g/mol. The van der Waals surface area contributed by atoms with E-state index >= 15 is 0 Å². The van der Waals surface area contributed by atoms with E-state index in [1.807, 2.05) is 0 Å². The maximum atomic E-state index is 12.3. The predicted octanol–water partition coefficient (Wildman–Crippen LogP) is 2.80. The second kappa shape index (κ2) is 5.16. The van der Waals surface area contributed by atoms with Crippen molar-refractivity contribution in [2.45, 2.75) is 62.3 Å². The molecule has 6 heteroatoms. The number of aromatic nitrogens is 1. The van der Waals surface area contributed by atoms with E-state index in [0.717, 1.165) is 11.4 Å². The molecule has 0 spiro atoms. The van der Waals surface area contributed by atoms with Gasteiger partial charge in [0.25, 0.3) is 0 Å². The molecule has 0 bridgehead atoms. The fourth-order valence-electron chi connectivity index (χ4n) is 3.87. The van der Waals surface area contributed by atoms with Crippen molar-refractivity contribution in [3.63, 3.8) is 0 Å². The first kappa shape index (κ1) is 15.2. The van der Waals surface area contributed by atoms with Crippen LogP contribution in [0, 0.1) is 11.8 Å². The summed E-state index contributed by atoms with van der Waals surface area (Å²) in [5.41, 5.74) is 5.30. The lowest BCUT2D eigenvalue weighted by Gasteiger charge is -2.47. The van der Waals surface area contributed by atoms with Gasteiger partial charge in [0, 0.05) is 15.5 Å². The van der Waals surface area contributed by atoms with Crippen molar-refractivity contribution in [3.8, 4) is 0 Å². The number of hydrogen-bond acceptors (Lipinski definition) is 4. The second-order valence-electron chi connectivity index (χ2n) is 6.93. The smallest absolute Gasteiger partial charge is 0.308 e. The molecule has 1 aliphatic carbocycles. The van der Waals surface area contributed by atoms with Gasteiger partial charge in [-0.2, -0.15) is 0 Å². The van der Waals surface area contributed by atoms with Gasteiger partial charge in [-0.3, -0.25) is 14.2 Å². The Morgan fingerprint density at radius 2 is 2.14 bits per heavy atom. The lowest BCUT2D eigenvalue weighted by Crippen LogP contribution is -2.39. The van der Waals surface area contributed by atoms with Crippen LogP contribution in [0.4, 0.5) is 0 Å².